The molecule has 1 amide bonds. The fourth-order valence-corrected chi connectivity index (χ4v) is 3.77. The lowest BCUT2D eigenvalue weighted by Crippen LogP contribution is -2.45. The summed E-state index contributed by atoms with van der Waals surface area (Å²) in [6, 6.07) is 7.07. The number of nitrogens with zero attached hydrogens (tertiary/aromatic N) is 1. The SMILES string of the molecule is CCOCCC1(CNC(=NC)NCCNC(=O)c2ccc(OC)cc2)CCCC1.I. The molecule has 1 aromatic rings. The van der Waals surface area contributed by atoms with Crippen molar-refractivity contribution in [1.82, 2.24) is 16.0 Å². The van der Waals surface area contributed by atoms with Crippen LogP contribution in [-0.4, -0.2) is 58.9 Å². The highest BCUT2D eigenvalue weighted by Gasteiger charge is 2.33. The molecular weight excluding hydrogens is 495 g/mol. The molecular formula is C22H37IN4O3. The molecule has 0 bridgehead atoms. The topological polar surface area (TPSA) is 84.0 Å². The number of nitrogens with one attached hydrogen (secondary N) is 3. The van der Waals surface area contributed by atoms with Gasteiger partial charge in [0.2, 0.25) is 0 Å². The number of rotatable bonds is 11. The molecule has 0 radical (unpaired) electrons. The highest BCUT2D eigenvalue weighted by atomic mass is 127. The zero-order chi connectivity index (χ0) is 21.0. The van der Waals surface area contributed by atoms with Crippen LogP contribution in [0.4, 0.5) is 0 Å². The van der Waals surface area contributed by atoms with Crippen LogP contribution in [0.5, 0.6) is 5.75 Å². The molecule has 0 spiro atoms. The van der Waals surface area contributed by atoms with Crippen molar-refractivity contribution in [2.24, 2.45) is 10.4 Å². The maximum Gasteiger partial charge on any atom is 0.251 e. The number of methoxy groups -OCH3 is 1. The van der Waals surface area contributed by atoms with E-state index >= 15 is 0 Å². The van der Waals surface area contributed by atoms with Crippen molar-refractivity contribution in [3.05, 3.63) is 29.8 Å². The van der Waals surface area contributed by atoms with Crippen LogP contribution in [0.3, 0.4) is 0 Å². The maximum atomic E-state index is 12.2. The Kier molecular flexibility index (Phi) is 12.8. The summed E-state index contributed by atoms with van der Waals surface area (Å²) in [7, 11) is 3.38. The van der Waals surface area contributed by atoms with Crippen molar-refractivity contribution < 1.29 is 14.3 Å². The largest absolute Gasteiger partial charge is 0.497 e. The second kappa shape index (κ2) is 14.5. The molecule has 0 saturated heterocycles. The average molecular weight is 532 g/mol. The lowest BCUT2D eigenvalue weighted by molar-refractivity contribution is 0.0954. The third-order valence-electron chi connectivity index (χ3n) is 5.55. The predicted octanol–water partition coefficient (Wildman–Crippen LogP) is 3.20. The molecule has 0 aromatic heterocycles. The normalized spacial score (nSPS) is 15.2. The Morgan fingerprint density at radius 2 is 1.77 bits per heavy atom. The van der Waals surface area contributed by atoms with E-state index in [0.717, 1.165) is 37.9 Å². The van der Waals surface area contributed by atoms with Gasteiger partial charge < -0.3 is 25.4 Å². The number of ether oxygens (including phenoxy) is 2. The van der Waals surface area contributed by atoms with Crippen LogP contribution in [-0.2, 0) is 4.74 Å². The van der Waals surface area contributed by atoms with Crippen LogP contribution in [0.1, 0.15) is 49.4 Å². The van der Waals surface area contributed by atoms with E-state index in [0.29, 0.717) is 24.1 Å². The molecule has 30 heavy (non-hydrogen) atoms. The van der Waals surface area contributed by atoms with Gasteiger partial charge in [0, 0.05) is 45.5 Å². The fourth-order valence-electron chi connectivity index (χ4n) is 3.77. The number of hydrogen-bond acceptors (Lipinski definition) is 4. The molecule has 1 aliphatic rings. The van der Waals surface area contributed by atoms with Gasteiger partial charge in [0.05, 0.1) is 7.11 Å². The van der Waals surface area contributed by atoms with Crippen molar-refractivity contribution in [3.8, 4) is 5.75 Å². The lowest BCUT2D eigenvalue weighted by Gasteiger charge is -2.30. The van der Waals surface area contributed by atoms with E-state index in [1.165, 1.54) is 25.7 Å². The first-order valence-electron chi connectivity index (χ1n) is 10.6. The van der Waals surface area contributed by atoms with Crippen molar-refractivity contribution in [2.45, 2.75) is 39.0 Å². The molecule has 1 fully saturated rings. The standard InChI is InChI=1S/C22H36N4O3.HI/c1-4-29-16-13-22(11-5-6-12-22)17-26-21(23-2)25-15-14-24-20(27)18-7-9-19(28-3)10-8-18;/h7-10H,4-6,11-17H2,1-3H3,(H,24,27)(H2,23,25,26);1H. The molecule has 2 rings (SSSR count). The summed E-state index contributed by atoms with van der Waals surface area (Å²) in [6.07, 6.45) is 6.14. The summed E-state index contributed by atoms with van der Waals surface area (Å²) in [4.78, 5) is 16.5. The minimum absolute atomic E-state index is 0. The summed E-state index contributed by atoms with van der Waals surface area (Å²) >= 11 is 0. The molecule has 0 aliphatic heterocycles. The number of guanidine groups is 1. The van der Waals surface area contributed by atoms with E-state index in [2.05, 4.69) is 20.9 Å². The highest BCUT2D eigenvalue weighted by molar-refractivity contribution is 14.0. The van der Waals surface area contributed by atoms with Crippen molar-refractivity contribution in [1.29, 1.82) is 0 Å². The number of benzene rings is 1. The van der Waals surface area contributed by atoms with Crippen molar-refractivity contribution in [3.63, 3.8) is 0 Å². The van der Waals surface area contributed by atoms with Gasteiger partial charge in [-0.1, -0.05) is 12.8 Å². The monoisotopic (exact) mass is 532 g/mol. The van der Waals surface area contributed by atoms with Gasteiger partial charge in [-0.2, -0.15) is 0 Å². The third kappa shape index (κ3) is 8.67. The Morgan fingerprint density at radius 3 is 2.37 bits per heavy atom. The number of carbonyl (C=O) groups excluding carboxylic acids is 1. The van der Waals surface area contributed by atoms with Crippen LogP contribution >= 0.6 is 24.0 Å². The van der Waals surface area contributed by atoms with Crippen molar-refractivity contribution in [2.75, 3.05) is 47.0 Å². The molecule has 8 heteroatoms. The maximum absolute atomic E-state index is 12.2. The first kappa shape index (κ1) is 26.5. The first-order valence-corrected chi connectivity index (χ1v) is 10.6. The summed E-state index contributed by atoms with van der Waals surface area (Å²) in [5, 5.41) is 9.66. The summed E-state index contributed by atoms with van der Waals surface area (Å²) in [6.45, 7) is 5.65. The van der Waals surface area contributed by atoms with Crippen LogP contribution in [0.25, 0.3) is 0 Å². The van der Waals surface area contributed by atoms with Crippen LogP contribution in [0.15, 0.2) is 29.3 Å². The second-order valence-corrected chi connectivity index (χ2v) is 7.49. The molecule has 1 aromatic carbocycles. The Labute approximate surface area is 197 Å². The predicted molar refractivity (Wildman–Crippen MR) is 132 cm³/mol. The Morgan fingerprint density at radius 1 is 1.10 bits per heavy atom. The molecule has 1 aliphatic carbocycles. The van der Waals surface area contributed by atoms with E-state index in [9.17, 15) is 4.79 Å². The van der Waals surface area contributed by atoms with Gasteiger partial charge in [-0.05, 0) is 55.9 Å². The fraction of sp³-hybridized carbons (Fsp3) is 0.636. The smallest absolute Gasteiger partial charge is 0.251 e. The van der Waals surface area contributed by atoms with Crippen LogP contribution < -0.4 is 20.7 Å². The van der Waals surface area contributed by atoms with Gasteiger partial charge in [-0.3, -0.25) is 9.79 Å². The molecule has 0 heterocycles. The van der Waals surface area contributed by atoms with E-state index in [4.69, 9.17) is 9.47 Å². The molecule has 3 N–H and O–H groups in total. The summed E-state index contributed by atoms with van der Waals surface area (Å²) in [5.41, 5.74) is 0.917. The van der Waals surface area contributed by atoms with Gasteiger partial charge >= 0.3 is 0 Å². The molecule has 170 valence electrons. The zero-order valence-corrected chi connectivity index (χ0v) is 20.8. The van der Waals surface area contributed by atoms with E-state index in [-0.39, 0.29) is 29.9 Å². The Bertz CT molecular complexity index is 646. The van der Waals surface area contributed by atoms with Gasteiger partial charge in [-0.15, -0.1) is 24.0 Å². The van der Waals surface area contributed by atoms with E-state index in [1.54, 1.807) is 38.4 Å². The average Bonchev–Trinajstić information content (AvgIpc) is 3.22. The van der Waals surface area contributed by atoms with Gasteiger partial charge in [0.15, 0.2) is 5.96 Å². The van der Waals surface area contributed by atoms with Crippen molar-refractivity contribution >= 4 is 35.8 Å². The molecule has 7 nitrogen and oxygen atoms in total. The number of hydrogen-bond donors (Lipinski definition) is 3. The zero-order valence-electron chi connectivity index (χ0n) is 18.5. The lowest BCUT2D eigenvalue weighted by atomic mass is 9.83. The van der Waals surface area contributed by atoms with Gasteiger partial charge in [0.25, 0.3) is 5.91 Å². The van der Waals surface area contributed by atoms with E-state index in [1.807, 2.05) is 6.92 Å². The second-order valence-electron chi connectivity index (χ2n) is 7.49. The minimum Gasteiger partial charge on any atom is -0.497 e. The third-order valence-corrected chi connectivity index (χ3v) is 5.55. The van der Waals surface area contributed by atoms with Crippen LogP contribution in [0.2, 0.25) is 0 Å². The Hall–Kier alpha value is -1.55. The molecule has 1 saturated carbocycles. The Balaban J connectivity index is 0.00000450. The highest BCUT2D eigenvalue weighted by Crippen LogP contribution is 2.40. The van der Waals surface area contributed by atoms with Crippen LogP contribution in [0, 0.1) is 5.41 Å². The van der Waals surface area contributed by atoms with E-state index < -0.39 is 0 Å². The number of amides is 1. The molecule has 0 unspecified atom stereocenters. The minimum atomic E-state index is -0.0989. The van der Waals surface area contributed by atoms with Gasteiger partial charge in [-0.25, -0.2) is 0 Å². The molecule has 0 atom stereocenters. The quantitative estimate of drug-likeness (QED) is 0.177. The summed E-state index contributed by atoms with van der Waals surface area (Å²) in [5.74, 6) is 1.41. The number of aliphatic imine (C=N–C) groups is 1. The first-order chi connectivity index (χ1) is 14.1. The number of halogens is 1. The van der Waals surface area contributed by atoms with Gasteiger partial charge in [0.1, 0.15) is 5.75 Å². The summed E-state index contributed by atoms with van der Waals surface area (Å²) < 4.78 is 10.7. The number of carbonyl (C=O) groups is 1.